The van der Waals surface area contributed by atoms with Crippen molar-refractivity contribution in [2.24, 2.45) is 0 Å². The van der Waals surface area contributed by atoms with Crippen LogP contribution in [0.2, 0.25) is 0 Å². The summed E-state index contributed by atoms with van der Waals surface area (Å²) in [5, 5.41) is 11.2. The molecule has 5 heteroatoms. The number of hydrogen-bond acceptors (Lipinski definition) is 3. The van der Waals surface area contributed by atoms with E-state index in [9.17, 15) is 14.4 Å². The zero-order valence-corrected chi connectivity index (χ0v) is 11.4. The van der Waals surface area contributed by atoms with Gasteiger partial charge in [0.1, 0.15) is 0 Å². The van der Waals surface area contributed by atoms with Gasteiger partial charge >= 0.3 is 5.97 Å². The summed E-state index contributed by atoms with van der Waals surface area (Å²) in [5.74, 6) is -1.84. The van der Waals surface area contributed by atoms with Gasteiger partial charge < -0.3 is 10.4 Å². The van der Waals surface area contributed by atoms with Crippen molar-refractivity contribution in [2.45, 2.75) is 0 Å². The number of carbonyl (C=O) groups is 3. The number of benzene rings is 2. The standard InChI is InChI=1S/C17H11NO4/c19-14(8-9-15(20)21)18-13-7-3-6-12-16(13)10-4-1-2-5-11(10)17(12)22/h1-9H,(H,18,19)(H,20,21)/b9-8+. The Morgan fingerprint density at radius 2 is 1.59 bits per heavy atom. The molecular weight excluding hydrogens is 282 g/mol. The van der Waals surface area contributed by atoms with Gasteiger partial charge in [0.15, 0.2) is 5.78 Å². The van der Waals surface area contributed by atoms with Crippen molar-refractivity contribution in [3.8, 4) is 11.1 Å². The predicted molar refractivity (Wildman–Crippen MR) is 80.7 cm³/mol. The summed E-state index contributed by atoms with van der Waals surface area (Å²) in [6, 6.07) is 12.2. The van der Waals surface area contributed by atoms with Gasteiger partial charge in [-0.25, -0.2) is 4.79 Å². The molecule has 2 aromatic rings. The number of rotatable bonds is 3. The van der Waals surface area contributed by atoms with E-state index >= 15 is 0 Å². The molecule has 1 aliphatic rings. The molecule has 0 heterocycles. The van der Waals surface area contributed by atoms with Gasteiger partial charge in [0.2, 0.25) is 5.91 Å². The first-order valence-electron chi connectivity index (χ1n) is 6.57. The third-order valence-corrected chi connectivity index (χ3v) is 3.39. The lowest BCUT2D eigenvalue weighted by Gasteiger charge is -2.09. The van der Waals surface area contributed by atoms with Gasteiger partial charge in [-0.15, -0.1) is 0 Å². The Balaban J connectivity index is 2.02. The fourth-order valence-corrected chi connectivity index (χ4v) is 2.50. The van der Waals surface area contributed by atoms with Gasteiger partial charge in [-0.2, -0.15) is 0 Å². The van der Waals surface area contributed by atoms with Crippen LogP contribution in [-0.2, 0) is 9.59 Å². The Hall–Kier alpha value is -3.21. The summed E-state index contributed by atoms with van der Waals surface area (Å²) < 4.78 is 0. The highest BCUT2D eigenvalue weighted by molar-refractivity contribution is 6.24. The van der Waals surface area contributed by atoms with Crippen LogP contribution < -0.4 is 5.32 Å². The maximum absolute atomic E-state index is 12.3. The van der Waals surface area contributed by atoms with Gasteiger partial charge in [0.05, 0.1) is 0 Å². The molecular formula is C17H11NO4. The molecule has 0 bridgehead atoms. The number of anilines is 1. The van der Waals surface area contributed by atoms with E-state index < -0.39 is 11.9 Å². The van der Waals surface area contributed by atoms with Gasteiger partial charge in [-0.3, -0.25) is 9.59 Å². The third-order valence-electron chi connectivity index (χ3n) is 3.39. The minimum atomic E-state index is -1.20. The fourth-order valence-electron chi connectivity index (χ4n) is 2.50. The quantitative estimate of drug-likeness (QED) is 0.727. The number of nitrogens with one attached hydrogen (secondary N) is 1. The van der Waals surface area contributed by atoms with Crippen molar-refractivity contribution in [3.05, 3.63) is 65.7 Å². The van der Waals surface area contributed by atoms with Crippen molar-refractivity contribution in [3.63, 3.8) is 0 Å². The van der Waals surface area contributed by atoms with E-state index in [0.717, 1.165) is 17.7 Å². The molecule has 0 atom stereocenters. The summed E-state index contributed by atoms with van der Waals surface area (Å²) in [6.07, 6.45) is 1.70. The van der Waals surface area contributed by atoms with Gasteiger partial charge in [0.25, 0.3) is 0 Å². The van der Waals surface area contributed by atoms with Crippen LogP contribution >= 0.6 is 0 Å². The molecule has 1 aliphatic carbocycles. The van der Waals surface area contributed by atoms with Crippen molar-refractivity contribution < 1.29 is 19.5 Å². The molecule has 3 rings (SSSR count). The molecule has 22 heavy (non-hydrogen) atoms. The Labute approximate surface area is 125 Å². The number of amides is 1. The molecule has 5 nitrogen and oxygen atoms in total. The predicted octanol–water partition coefficient (Wildman–Crippen LogP) is 2.48. The number of fused-ring (bicyclic) bond motifs is 3. The van der Waals surface area contributed by atoms with E-state index in [-0.39, 0.29) is 5.78 Å². The van der Waals surface area contributed by atoms with Crippen LogP contribution in [0.5, 0.6) is 0 Å². The SMILES string of the molecule is O=C(O)/C=C/C(=O)Nc1cccc2c1-c1ccccc1C2=O. The smallest absolute Gasteiger partial charge is 0.328 e. The van der Waals surface area contributed by atoms with Crippen LogP contribution in [0.25, 0.3) is 11.1 Å². The molecule has 108 valence electrons. The van der Waals surface area contributed by atoms with E-state index in [1.807, 2.05) is 12.1 Å². The van der Waals surface area contributed by atoms with Gasteiger partial charge in [-0.1, -0.05) is 36.4 Å². The van der Waals surface area contributed by atoms with Crippen LogP contribution in [0.1, 0.15) is 15.9 Å². The Morgan fingerprint density at radius 1 is 0.909 bits per heavy atom. The second-order valence-electron chi connectivity index (χ2n) is 4.76. The molecule has 0 aromatic heterocycles. The zero-order valence-electron chi connectivity index (χ0n) is 11.4. The lowest BCUT2D eigenvalue weighted by atomic mass is 10.0. The highest BCUT2D eigenvalue weighted by atomic mass is 16.4. The zero-order chi connectivity index (χ0) is 15.7. The van der Waals surface area contributed by atoms with E-state index in [1.54, 1.807) is 30.3 Å². The van der Waals surface area contributed by atoms with Crippen molar-refractivity contribution in [1.29, 1.82) is 0 Å². The van der Waals surface area contributed by atoms with Crippen molar-refractivity contribution in [2.75, 3.05) is 5.32 Å². The maximum atomic E-state index is 12.3. The summed E-state index contributed by atoms with van der Waals surface area (Å²) in [6.45, 7) is 0. The highest BCUT2D eigenvalue weighted by Crippen LogP contribution is 2.41. The summed E-state index contributed by atoms with van der Waals surface area (Å²) in [4.78, 5) is 34.5. The monoisotopic (exact) mass is 293 g/mol. The molecule has 2 aromatic carbocycles. The molecule has 0 aliphatic heterocycles. The Bertz CT molecular complexity index is 836. The molecule has 0 radical (unpaired) electrons. The molecule has 0 saturated carbocycles. The van der Waals surface area contributed by atoms with Crippen LogP contribution in [0, 0.1) is 0 Å². The van der Waals surface area contributed by atoms with E-state index in [1.165, 1.54) is 0 Å². The van der Waals surface area contributed by atoms with E-state index in [0.29, 0.717) is 22.4 Å². The number of aliphatic carboxylic acids is 1. The average molecular weight is 293 g/mol. The summed E-state index contributed by atoms with van der Waals surface area (Å²) in [5.41, 5.74) is 3.04. The lowest BCUT2D eigenvalue weighted by Crippen LogP contribution is -2.10. The Morgan fingerprint density at radius 3 is 2.32 bits per heavy atom. The maximum Gasteiger partial charge on any atom is 0.328 e. The number of carboxylic acid groups (broad SMARTS) is 1. The number of ketones is 1. The first-order chi connectivity index (χ1) is 10.6. The number of carbonyl (C=O) groups excluding carboxylic acids is 2. The number of hydrogen-bond donors (Lipinski definition) is 2. The van der Waals surface area contributed by atoms with E-state index in [2.05, 4.69) is 5.32 Å². The average Bonchev–Trinajstić information content (AvgIpc) is 2.80. The lowest BCUT2D eigenvalue weighted by molar-refractivity contribution is -0.131. The minimum absolute atomic E-state index is 0.0808. The molecule has 1 amide bonds. The van der Waals surface area contributed by atoms with Crippen LogP contribution in [-0.4, -0.2) is 22.8 Å². The normalized spacial score (nSPS) is 12.1. The van der Waals surface area contributed by atoms with E-state index in [4.69, 9.17) is 5.11 Å². The van der Waals surface area contributed by atoms with Gasteiger partial charge in [0, 0.05) is 34.5 Å². The second-order valence-corrected chi connectivity index (χ2v) is 4.76. The minimum Gasteiger partial charge on any atom is -0.478 e. The molecule has 0 fully saturated rings. The first-order valence-corrected chi connectivity index (χ1v) is 6.57. The van der Waals surface area contributed by atoms with Crippen molar-refractivity contribution >= 4 is 23.3 Å². The largest absolute Gasteiger partial charge is 0.478 e. The first kappa shape index (κ1) is 13.8. The molecule has 2 N–H and O–H groups in total. The summed E-state index contributed by atoms with van der Waals surface area (Å²) in [7, 11) is 0. The fraction of sp³-hybridized carbons (Fsp3) is 0. The number of carboxylic acids is 1. The van der Waals surface area contributed by atoms with Crippen LogP contribution in [0.4, 0.5) is 5.69 Å². The van der Waals surface area contributed by atoms with Gasteiger partial charge in [-0.05, 0) is 11.6 Å². The topological polar surface area (TPSA) is 83.5 Å². The third kappa shape index (κ3) is 2.29. The Kier molecular flexibility index (Phi) is 3.31. The second kappa shape index (κ2) is 5.29. The summed E-state index contributed by atoms with van der Waals surface area (Å²) >= 11 is 0. The highest BCUT2D eigenvalue weighted by Gasteiger charge is 2.28. The molecule has 0 spiro atoms. The van der Waals surface area contributed by atoms with Crippen molar-refractivity contribution in [1.82, 2.24) is 0 Å². The van der Waals surface area contributed by atoms with Crippen LogP contribution in [0.15, 0.2) is 54.6 Å². The van der Waals surface area contributed by atoms with Crippen LogP contribution in [0.3, 0.4) is 0 Å². The molecule has 0 saturated heterocycles. The molecule has 0 unspecified atom stereocenters.